The Hall–Kier alpha value is -1.85. The Balaban J connectivity index is 1.66. The van der Waals surface area contributed by atoms with Crippen LogP contribution in [0.15, 0.2) is 41.8 Å². The second-order valence-electron chi connectivity index (χ2n) is 5.05. The van der Waals surface area contributed by atoms with Gasteiger partial charge in [0.1, 0.15) is 11.9 Å². The highest BCUT2D eigenvalue weighted by molar-refractivity contribution is 7.10. The first-order valence-corrected chi connectivity index (χ1v) is 7.81. The van der Waals surface area contributed by atoms with Crippen LogP contribution in [-0.4, -0.2) is 35.6 Å². The summed E-state index contributed by atoms with van der Waals surface area (Å²) in [4.78, 5) is 15.3. The average molecular weight is 303 g/mol. The number of phenols is 1. The number of morpholine rings is 1. The Morgan fingerprint density at radius 1 is 1.38 bits per heavy atom. The number of carbonyl (C=O) groups is 1. The molecule has 1 N–H and O–H groups in total. The molecule has 0 aliphatic carbocycles. The zero-order valence-corrected chi connectivity index (χ0v) is 12.4. The molecule has 0 radical (unpaired) electrons. The number of thiophene rings is 1. The zero-order chi connectivity index (χ0) is 14.7. The molecule has 2 aromatic rings. The van der Waals surface area contributed by atoms with Gasteiger partial charge in [0.25, 0.3) is 0 Å². The molecule has 1 amide bonds. The van der Waals surface area contributed by atoms with Crippen LogP contribution in [0.4, 0.5) is 0 Å². The molecule has 0 spiro atoms. The summed E-state index contributed by atoms with van der Waals surface area (Å²) in [5.41, 5.74) is 0.906. The molecule has 4 nitrogen and oxygen atoms in total. The maximum Gasteiger partial charge on any atom is 0.228 e. The van der Waals surface area contributed by atoms with Crippen molar-refractivity contribution < 1.29 is 14.6 Å². The molecule has 1 aromatic heterocycles. The highest BCUT2D eigenvalue weighted by Crippen LogP contribution is 2.25. The van der Waals surface area contributed by atoms with Crippen molar-refractivity contribution >= 4 is 17.2 Å². The minimum atomic E-state index is -0.168. The minimum Gasteiger partial charge on any atom is -0.508 e. The van der Waals surface area contributed by atoms with E-state index in [1.165, 1.54) is 0 Å². The van der Waals surface area contributed by atoms with Gasteiger partial charge in [0.15, 0.2) is 0 Å². The van der Waals surface area contributed by atoms with Crippen molar-refractivity contribution in [1.29, 1.82) is 0 Å². The highest BCUT2D eigenvalue weighted by atomic mass is 32.1. The van der Waals surface area contributed by atoms with E-state index in [1.807, 2.05) is 28.5 Å². The van der Waals surface area contributed by atoms with E-state index in [1.54, 1.807) is 29.5 Å². The van der Waals surface area contributed by atoms with Gasteiger partial charge in [-0.15, -0.1) is 11.3 Å². The molecule has 1 aromatic carbocycles. The molecule has 0 unspecified atom stereocenters. The predicted molar refractivity (Wildman–Crippen MR) is 81.4 cm³/mol. The van der Waals surface area contributed by atoms with E-state index < -0.39 is 0 Å². The molecule has 1 atom stereocenters. The number of hydrogen-bond donors (Lipinski definition) is 1. The molecule has 1 fully saturated rings. The van der Waals surface area contributed by atoms with Gasteiger partial charge in [-0.05, 0) is 29.1 Å². The number of amides is 1. The molecule has 21 heavy (non-hydrogen) atoms. The smallest absolute Gasteiger partial charge is 0.228 e. The van der Waals surface area contributed by atoms with E-state index in [2.05, 4.69) is 0 Å². The van der Waals surface area contributed by atoms with Gasteiger partial charge in [0, 0.05) is 11.4 Å². The largest absolute Gasteiger partial charge is 0.508 e. The van der Waals surface area contributed by atoms with Gasteiger partial charge in [0.2, 0.25) is 5.91 Å². The number of hydrogen-bond acceptors (Lipinski definition) is 4. The Labute approximate surface area is 127 Å². The van der Waals surface area contributed by atoms with E-state index >= 15 is 0 Å². The van der Waals surface area contributed by atoms with E-state index in [9.17, 15) is 9.90 Å². The fourth-order valence-electron chi connectivity index (χ4n) is 2.48. The van der Waals surface area contributed by atoms with Crippen molar-refractivity contribution in [3.63, 3.8) is 0 Å². The molecule has 2 heterocycles. The number of benzene rings is 1. The van der Waals surface area contributed by atoms with Gasteiger partial charge in [-0.2, -0.15) is 0 Å². The number of phenolic OH excluding ortho intramolecular Hbond substituents is 1. The topological polar surface area (TPSA) is 49.8 Å². The van der Waals surface area contributed by atoms with Crippen molar-refractivity contribution in [2.75, 3.05) is 19.7 Å². The van der Waals surface area contributed by atoms with Crippen molar-refractivity contribution in [3.05, 3.63) is 52.2 Å². The van der Waals surface area contributed by atoms with E-state index in [4.69, 9.17) is 4.74 Å². The summed E-state index contributed by atoms with van der Waals surface area (Å²) in [6.45, 7) is 1.68. The average Bonchev–Trinajstić information content (AvgIpc) is 3.00. The third-order valence-corrected chi connectivity index (χ3v) is 4.44. The summed E-state index contributed by atoms with van der Waals surface area (Å²) < 4.78 is 5.73. The van der Waals surface area contributed by atoms with Gasteiger partial charge in [-0.25, -0.2) is 0 Å². The first-order chi connectivity index (χ1) is 10.2. The number of nitrogens with zero attached hydrogens (tertiary/aromatic N) is 1. The van der Waals surface area contributed by atoms with Crippen LogP contribution in [0.1, 0.15) is 16.5 Å². The number of aromatic hydroxyl groups is 1. The van der Waals surface area contributed by atoms with Crippen LogP contribution >= 0.6 is 11.3 Å². The molecule has 1 aliphatic heterocycles. The quantitative estimate of drug-likeness (QED) is 0.948. The third-order valence-electron chi connectivity index (χ3n) is 3.57. The fourth-order valence-corrected chi connectivity index (χ4v) is 3.17. The standard InChI is InChI=1S/C16H17NO3S/c18-13-4-1-3-12(9-13)15-11-17(6-7-20-15)16(19)10-14-5-2-8-21-14/h1-5,8-9,15,18H,6-7,10-11H2/t15-/m1/s1. The Morgan fingerprint density at radius 3 is 3.05 bits per heavy atom. The van der Waals surface area contributed by atoms with Crippen molar-refractivity contribution in [3.8, 4) is 5.75 Å². The van der Waals surface area contributed by atoms with E-state index in [-0.39, 0.29) is 17.8 Å². The molecule has 1 aliphatic rings. The van der Waals surface area contributed by atoms with Gasteiger partial charge in [-0.1, -0.05) is 18.2 Å². The summed E-state index contributed by atoms with van der Waals surface area (Å²) >= 11 is 1.60. The maximum atomic E-state index is 12.3. The fraction of sp³-hybridized carbons (Fsp3) is 0.312. The predicted octanol–water partition coefficient (Wildman–Crippen LogP) is 2.60. The molecular weight excluding hydrogens is 286 g/mol. The number of rotatable bonds is 3. The van der Waals surface area contributed by atoms with Crippen LogP contribution in [0.5, 0.6) is 5.75 Å². The minimum absolute atomic E-state index is 0.130. The Bertz CT molecular complexity index is 612. The van der Waals surface area contributed by atoms with Crippen LogP contribution in [0.25, 0.3) is 0 Å². The van der Waals surface area contributed by atoms with Crippen LogP contribution in [-0.2, 0) is 16.0 Å². The summed E-state index contributed by atoms with van der Waals surface area (Å²) in [5, 5.41) is 11.5. The number of carbonyl (C=O) groups excluding carboxylic acids is 1. The molecular formula is C16H17NO3S. The van der Waals surface area contributed by atoms with Crippen LogP contribution in [0, 0.1) is 0 Å². The lowest BCUT2D eigenvalue weighted by molar-refractivity contribution is -0.138. The van der Waals surface area contributed by atoms with Crippen LogP contribution < -0.4 is 0 Å². The first-order valence-electron chi connectivity index (χ1n) is 6.93. The molecule has 1 saturated heterocycles. The lowest BCUT2D eigenvalue weighted by Gasteiger charge is -2.33. The van der Waals surface area contributed by atoms with Gasteiger partial charge < -0.3 is 14.7 Å². The highest BCUT2D eigenvalue weighted by Gasteiger charge is 2.25. The lowest BCUT2D eigenvalue weighted by Crippen LogP contribution is -2.42. The summed E-state index contributed by atoms with van der Waals surface area (Å²) in [6.07, 6.45) is 0.280. The zero-order valence-electron chi connectivity index (χ0n) is 11.6. The monoisotopic (exact) mass is 303 g/mol. The SMILES string of the molecule is O=C(Cc1cccs1)N1CCO[C@@H](c2cccc(O)c2)C1. The summed E-state index contributed by atoms with van der Waals surface area (Å²) in [6, 6.07) is 11.0. The third kappa shape index (κ3) is 3.43. The molecule has 110 valence electrons. The molecule has 5 heteroatoms. The van der Waals surface area contributed by atoms with Crippen LogP contribution in [0.3, 0.4) is 0 Å². The van der Waals surface area contributed by atoms with E-state index in [0.29, 0.717) is 26.1 Å². The lowest BCUT2D eigenvalue weighted by atomic mass is 10.1. The van der Waals surface area contributed by atoms with Gasteiger partial charge in [0.05, 0.1) is 19.6 Å². The second kappa shape index (κ2) is 6.28. The normalized spacial score (nSPS) is 18.7. The Kier molecular flexibility index (Phi) is 4.22. The van der Waals surface area contributed by atoms with Crippen LogP contribution in [0.2, 0.25) is 0 Å². The molecule has 0 saturated carbocycles. The van der Waals surface area contributed by atoms with Crippen molar-refractivity contribution in [2.45, 2.75) is 12.5 Å². The Morgan fingerprint density at radius 2 is 2.29 bits per heavy atom. The second-order valence-corrected chi connectivity index (χ2v) is 6.08. The molecule has 3 rings (SSSR count). The van der Waals surface area contributed by atoms with Crippen molar-refractivity contribution in [2.24, 2.45) is 0 Å². The van der Waals surface area contributed by atoms with E-state index in [0.717, 1.165) is 10.4 Å². The maximum absolute atomic E-state index is 12.3. The molecule has 0 bridgehead atoms. The first kappa shape index (κ1) is 14.1. The summed E-state index contributed by atoms with van der Waals surface area (Å²) in [5.74, 6) is 0.351. The summed E-state index contributed by atoms with van der Waals surface area (Å²) in [7, 11) is 0. The van der Waals surface area contributed by atoms with Crippen molar-refractivity contribution in [1.82, 2.24) is 4.90 Å². The van der Waals surface area contributed by atoms with Gasteiger partial charge >= 0.3 is 0 Å². The van der Waals surface area contributed by atoms with Gasteiger partial charge in [-0.3, -0.25) is 4.79 Å². The number of ether oxygens (including phenoxy) is 1.